The molecule has 0 aliphatic carbocycles. The Balaban J connectivity index is 1.84. The second-order valence-corrected chi connectivity index (χ2v) is 8.30. The van der Waals surface area contributed by atoms with Crippen molar-refractivity contribution in [2.24, 2.45) is 17.2 Å². The first-order valence-electron chi connectivity index (χ1n) is 10.6. The molecule has 2 aromatic carbocycles. The highest BCUT2D eigenvalue weighted by Crippen LogP contribution is 2.26. The van der Waals surface area contributed by atoms with Gasteiger partial charge in [0.05, 0.1) is 16.9 Å². The molecular formula is C25H25FN6O2S. The number of aromatic nitrogens is 1. The van der Waals surface area contributed by atoms with Crippen LogP contribution in [0, 0.1) is 5.82 Å². The minimum absolute atomic E-state index is 0.0514. The zero-order chi connectivity index (χ0) is 25.5. The fourth-order valence-corrected chi connectivity index (χ4v) is 3.68. The van der Waals surface area contributed by atoms with Gasteiger partial charge in [0.25, 0.3) is 5.91 Å². The van der Waals surface area contributed by atoms with Gasteiger partial charge in [0.2, 0.25) is 5.91 Å². The standard InChI is InChI=1S/C25H25FN6O2S/c1-14(27)9-23(35)32-20-12-21(19(26)11-18(20)24(28)33)31-22(25(29)34)10-15-4-6-16(7-5-15)17-3-2-8-30-13-17/h2-9,11-13,22,31H,10,27H2,1H3,(H2,28,33)(H2,29,34)(H,32,35)/t22-/m1/s1. The van der Waals surface area contributed by atoms with Crippen LogP contribution in [0.2, 0.25) is 0 Å². The van der Waals surface area contributed by atoms with Crippen molar-refractivity contribution in [1.29, 1.82) is 0 Å². The molecule has 8 nitrogen and oxygen atoms in total. The quantitative estimate of drug-likeness (QED) is 0.228. The summed E-state index contributed by atoms with van der Waals surface area (Å²) in [4.78, 5) is 28.3. The molecule has 0 spiro atoms. The minimum atomic E-state index is -0.931. The number of pyridine rings is 1. The van der Waals surface area contributed by atoms with E-state index in [1.54, 1.807) is 19.3 Å². The number of allylic oxidation sites excluding steroid dienone is 1. The van der Waals surface area contributed by atoms with Gasteiger partial charge < -0.3 is 27.8 Å². The Bertz CT molecular complexity index is 1280. The Labute approximate surface area is 207 Å². The number of nitrogens with zero attached hydrogens (tertiary/aromatic N) is 1. The van der Waals surface area contributed by atoms with Gasteiger partial charge in [0.15, 0.2) is 0 Å². The van der Waals surface area contributed by atoms with Gasteiger partial charge in [-0.05, 0) is 47.9 Å². The highest BCUT2D eigenvalue weighted by atomic mass is 32.1. The van der Waals surface area contributed by atoms with Crippen molar-refractivity contribution in [1.82, 2.24) is 4.98 Å². The summed E-state index contributed by atoms with van der Waals surface area (Å²) in [5.41, 5.74) is 19.8. The monoisotopic (exact) mass is 492 g/mol. The smallest absolute Gasteiger partial charge is 0.250 e. The molecule has 0 aliphatic rings. The molecule has 0 bridgehead atoms. The van der Waals surface area contributed by atoms with Crippen LogP contribution >= 0.6 is 12.2 Å². The molecule has 0 saturated heterocycles. The van der Waals surface area contributed by atoms with E-state index >= 15 is 0 Å². The lowest BCUT2D eigenvalue weighted by Crippen LogP contribution is -2.37. The number of rotatable bonds is 9. The van der Waals surface area contributed by atoms with E-state index < -0.39 is 23.7 Å². The van der Waals surface area contributed by atoms with Crippen LogP contribution in [0.1, 0.15) is 22.8 Å². The van der Waals surface area contributed by atoms with Crippen LogP contribution in [0.3, 0.4) is 0 Å². The second-order valence-electron chi connectivity index (χ2n) is 7.86. The van der Waals surface area contributed by atoms with Crippen LogP contribution in [0.15, 0.2) is 72.7 Å². The summed E-state index contributed by atoms with van der Waals surface area (Å²) < 4.78 is 14.8. The first-order valence-corrected chi connectivity index (χ1v) is 11.0. The molecule has 8 N–H and O–H groups in total. The summed E-state index contributed by atoms with van der Waals surface area (Å²) in [5.74, 6) is -2.31. The fourth-order valence-electron chi connectivity index (χ4n) is 3.38. The zero-order valence-corrected chi connectivity index (χ0v) is 19.7. The van der Waals surface area contributed by atoms with Gasteiger partial charge in [-0.2, -0.15) is 0 Å². The maximum Gasteiger partial charge on any atom is 0.250 e. The molecule has 10 heteroatoms. The number of halogens is 1. The fraction of sp³-hybridized carbons (Fsp3) is 0.120. The summed E-state index contributed by atoms with van der Waals surface area (Å²) in [6.07, 6.45) is 5.12. The summed E-state index contributed by atoms with van der Waals surface area (Å²) in [7, 11) is 0. The topological polar surface area (TPSA) is 149 Å². The Hall–Kier alpha value is -4.31. The molecule has 35 heavy (non-hydrogen) atoms. The first kappa shape index (κ1) is 25.3. The molecule has 0 unspecified atom stereocenters. The molecule has 3 rings (SSSR count). The summed E-state index contributed by atoms with van der Waals surface area (Å²) >= 11 is 5.18. The average molecular weight is 493 g/mol. The molecule has 3 aromatic rings. The van der Waals surface area contributed by atoms with Crippen molar-refractivity contribution in [2.45, 2.75) is 19.4 Å². The first-order chi connectivity index (χ1) is 16.6. The van der Waals surface area contributed by atoms with Gasteiger partial charge in [-0.25, -0.2) is 4.39 Å². The summed E-state index contributed by atoms with van der Waals surface area (Å²) in [6, 6.07) is 12.7. The average Bonchev–Trinajstić information content (AvgIpc) is 2.80. The predicted molar refractivity (Wildman–Crippen MR) is 139 cm³/mol. The number of carbonyl (C=O) groups is 2. The maximum absolute atomic E-state index is 14.8. The minimum Gasteiger partial charge on any atom is -0.402 e. The highest BCUT2D eigenvalue weighted by molar-refractivity contribution is 7.81. The zero-order valence-electron chi connectivity index (χ0n) is 18.9. The molecule has 0 radical (unpaired) electrons. The Morgan fingerprint density at radius 3 is 2.37 bits per heavy atom. The molecule has 1 atom stereocenters. The van der Waals surface area contributed by atoms with Crippen LogP contribution in [-0.4, -0.2) is 27.8 Å². The van der Waals surface area contributed by atoms with Crippen molar-refractivity contribution in [3.05, 3.63) is 89.6 Å². The second kappa shape index (κ2) is 11.2. The van der Waals surface area contributed by atoms with E-state index in [-0.39, 0.29) is 28.3 Å². The summed E-state index contributed by atoms with van der Waals surface area (Å²) in [6.45, 7) is 1.64. The Kier molecular flexibility index (Phi) is 8.11. The van der Waals surface area contributed by atoms with Crippen LogP contribution < -0.4 is 27.8 Å². The van der Waals surface area contributed by atoms with E-state index in [1.807, 2.05) is 36.4 Å². The number of benzene rings is 2. The number of nitrogens with two attached hydrogens (primary N) is 3. The lowest BCUT2D eigenvalue weighted by atomic mass is 10.0. The number of anilines is 2. The molecule has 2 amide bonds. The largest absolute Gasteiger partial charge is 0.402 e. The summed E-state index contributed by atoms with van der Waals surface area (Å²) in [5, 5.41) is 5.64. The van der Waals surface area contributed by atoms with Crippen LogP contribution in [-0.2, 0) is 11.2 Å². The van der Waals surface area contributed by atoms with E-state index in [1.165, 1.54) is 12.1 Å². The molecule has 1 heterocycles. The van der Waals surface area contributed by atoms with E-state index in [0.717, 1.165) is 22.8 Å². The molecular weight excluding hydrogens is 467 g/mol. The van der Waals surface area contributed by atoms with Gasteiger partial charge in [-0.3, -0.25) is 14.6 Å². The number of carbonyl (C=O) groups excluding carboxylic acids is 2. The van der Waals surface area contributed by atoms with Gasteiger partial charge in [0.1, 0.15) is 16.8 Å². The van der Waals surface area contributed by atoms with Crippen LogP contribution in [0.25, 0.3) is 11.1 Å². The molecule has 1 aromatic heterocycles. The predicted octanol–water partition coefficient (Wildman–Crippen LogP) is 3.10. The number of thiocarbonyl (C=S) groups is 1. The van der Waals surface area contributed by atoms with Gasteiger partial charge >= 0.3 is 0 Å². The Morgan fingerprint density at radius 2 is 1.80 bits per heavy atom. The number of amides is 2. The number of hydrogen-bond donors (Lipinski definition) is 5. The lowest BCUT2D eigenvalue weighted by Gasteiger charge is -2.19. The normalized spacial score (nSPS) is 12.0. The number of primary amides is 2. The van der Waals surface area contributed by atoms with Crippen molar-refractivity contribution in [2.75, 3.05) is 10.6 Å². The Morgan fingerprint density at radius 1 is 1.09 bits per heavy atom. The lowest BCUT2D eigenvalue weighted by molar-refractivity contribution is -0.118. The molecule has 0 saturated carbocycles. The molecule has 0 aliphatic heterocycles. The third-order valence-corrected chi connectivity index (χ3v) is 5.27. The maximum atomic E-state index is 14.8. The van der Waals surface area contributed by atoms with Crippen molar-refractivity contribution < 1.29 is 14.0 Å². The van der Waals surface area contributed by atoms with E-state index in [0.29, 0.717) is 5.70 Å². The third kappa shape index (κ3) is 6.84. The van der Waals surface area contributed by atoms with Crippen LogP contribution in [0.5, 0.6) is 0 Å². The van der Waals surface area contributed by atoms with Gasteiger partial charge in [-0.15, -0.1) is 0 Å². The van der Waals surface area contributed by atoms with E-state index in [4.69, 9.17) is 29.4 Å². The van der Waals surface area contributed by atoms with E-state index in [2.05, 4.69) is 15.6 Å². The number of hydrogen-bond acceptors (Lipinski definition) is 6. The van der Waals surface area contributed by atoms with Gasteiger partial charge in [0, 0.05) is 24.5 Å². The van der Waals surface area contributed by atoms with Crippen molar-refractivity contribution in [3.63, 3.8) is 0 Å². The third-order valence-electron chi connectivity index (χ3n) is 5.05. The molecule has 180 valence electrons. The SMILES string of the molecule is CC(N)=CC(=S)Nc1cc(N[C@H](Cc2ccc(-c3cccnc3)cc2)C(N)=O)c(F)cc1C(N)=O. The highest BCUT2D eigenvalue weighted by Gasteiger charge is 2.20. The van der Waals surface area contributed by atoms with E-state index in [9.17, 15) is 14.0 Å². The number of nitrogens with one attached hydrogen (secondary N) is 2. The van der Waals surface area contributed by atoms with Gasteiger partial charge in [-0.1, -0.05) is 42.5 Å². The van der Waals surface area contributed by atoms with Crippen molar-refractivity contribution in [3.8, 4) is 11.1 Å². The molecule has 0 fully saturated rings. The van der Waals surface area contributed by atoms with Crippen LogP contribution in [0.4, 0.5) is 15.8 Å². The van der Waals surface area contributed by atoms with Crippen molar-refractivity contribution >= 4 is 40.4 Å².